The number of pyridine rings is 1. The van der Waals surface area contributed by atoms with Crippen molar-refractivity contribution in [2.45, 2.75) is 20.0 Å². The van der Waals surface area contributed by atoms with Gasteiger partial charge in [0, 0.05) is 18.8 Å². The Kier molecular flexibility index (Phi) is 3.80. The van der Waals surface area contributed by atoms with E-state index < -0.39 is 11.7 Å². The summed E-state index contributed by atoms with van der Waals surface area (Å²) in [5, 5.41) is 8.56. The van der Waals surface area contributed by atoms with E-state index in [4.69, 9.17) is 0 Å². The number of benzene rings is 1. The summed E-state index contributed by atoms with van der Waals surface area (Å²) < 4.78 is 44.5. The van der Waals surface area contributed by atoms with Gasteiger partial charge in [0.2, 0.25) is 0 Å². The zero-order chi connectivity index (χ0) is 19.3. The Labute approximate surface area is 153 Å². The highest BCUT2D eigenvalue weighted by Crippen LogP contribution is 2.39. The van der Waals surface area contributed by atoms with Gasteiger partial charge in [-0.3, -0.25) is 4.68 Å². The fourth-order valence-corrected chi connectivity index (χ4v) is 3.25. The molecule has 0 saturated carbocycles. The normalized spacial score (nSPS) is 12.1. The smallest absolute Gasteiger partial charge is 0.275 e. The van der Waals surface area contributed by atoms with Gasteiger partial charge in [0.25, 0.3) is 0 Å². The Morgan fingerprint density at radius 2 is 1.67 bits per heavy atom. The lowest BCUT2D eigenvalue weighted by Crippen LogP contribution is -2.08. The maximum absolute atomic E-state index is 13.8. The average molecular weight is 371 g/mol. The van der Waals surface area contributed by atoms with Crippen LogP contribution in [0.5, 0.6) is 0 Å². The second-order valence-corrected chi connectivity index (χ2v) is 6.39. The van der Waals surface area contributed by atoms with E-state index >= 15 is 0 Å². The fraction of sp³-hybridized carbons (Fsp3) is 0.211. The second kappa shape index (κ2) is 5.94. The predicted molar refractivity (Wildman–Crippen MR) is 95.5 cm³/mol. The number of fused-ring (bicyclic) bond motifs is 1. The summed E-state index contributed by atoms with van der Waals surface area (Å²) in [6.45, 7) is 3.31. The summed E-state index contributed by atoms with van der Waals surface area (Å²) in [6.07, 6.45) is -2.86. The molecule has 8 heteroatoms. The minimum atomic E-state index is -4.53. The molecule has 0 N–H and O–H groups in total. The molecule has 1 aromatic carbocycles. The van der Waals surface area contributed by atoms with Gasteiger partial charge in [0.1, 0.15) is 0 Å². The Balaban J connectivity index is 2.09. The minimum absolute atomic E-state index is 0.0108. The van der Waals surface area contributed by atoms with Gasteiger partial charge in [-0.15, -0.1) is 0 Å². The van der Waals surface area contributed by atoms with Gasteiger partial charge in [0.05, 0.1) is 33.7 Å². The minimum Gasteiger partial charge on any atom is -0.275 e. The molecule has 0 aliphatic rings. The molecule has 5 nitrogen and oxygen atoms in total. The molecule has 0 saturated heterocycles. The molecular formula is C19H16F3N5. The van der Waals surface area contributed by atoms with Crippen LogP contribution < -0.4 is 0 Å². The van der Waals surface area contributed by atoms with Crippen LogP contribution in [0.15, 0.2) is 42.6 Å². The van der Waals surface area contributed by atoms with E-state index in [1.807, 2.05) is 6.07 Å². The molecule has 0 radical (unpaired) electrons. The molecule has 0 fully saturated rings. The molecule has 27 heavy (non-hydrogen) atoms. The van der Waals surface area contributed by atoms with Gasteiger partial charge < -0.3 is 0 Å². The molecule has 0 aliphatic heterocycles. The van der Waals surface area contributed by atoms with E-state index in [0.29, 0.717) is 16.9 Å². The highest BCUT2D eigenvalue weighted by atomic mass is 19.4. The van der Waals surface area contributed by atoms with Crippen molar-refractivity contribution in [2.75, 3.05) is 0 Å². The van der Waals surface area contributed by atoms with Gasteiger partial charge in [-0.25, -0.2) is 9.67 Å². The number of halogens is 3. The maximum atomic E-state index is 13.8. The third-order valence-corrected chi connectivity index (χ3v) is 4.41. The van der Waals surface area contributed by atoms with Crippen molar-refractivity contribution in [1.82, 2.24) is 24.5 Å². The molecule has 0 atom stereocenters. The molecule has 138 valence electrons. The SMILES string of the molecule is Cc1nn(C)cc1-c1cc(C(F)(F)F)c2c(C)nn(-c3ccccc3)c2n1. The summed E-state index contributed by atoms with van der Waals surface area (Å²) in [6, 6.07) is 10.1. The van der Waals surface area contributed by atoms with Gasteiger partial charge in [-0.05, 0) is 32.0 Å². The van der Waals surface area contributed by atoms with Gasteiger partial charge in [-0.1, -0.05) is 18.2 Å². The van der Waals surface area contributed by atoms with Crippen LogP contribution in [-0.2, 0) is 13.2 Å². The van der Waals surface area contributed by atoms with E-state index in [1.54, 1.807) is 56.0 Å². The topological polar surface area (TPSA) is 48.5 Å². The van der Waals surface area contributed by atoms with Crippen LogP contribution >= 0.6 is 0 Å². The van der Waals surface area contributed by atoms with E-state index in [0.717, 1.165) is 6.07 Å². The van der Waals surface area contributed by atoms with Crippen molar-refractivity contribution in [2.24, 2.45) is 7.05 Å². The van der Waals surface area contributed by atoms with Crippen molar-refractivity contribution in [3.05, 3.63) is 59.5 Å². The third kappa shape index (κ3) is 2.87. The second-order valence-electron chi connectivity index (χ2n) is 6.39. The van der Waals surface area contributed by atoms with E-state index in [9.17, 15) is 13.2 Å². The Morgan fingerprint density at radius 3 is 2.26 bits per heavy atom. The first-order chi connectivity index (χ1) is 12.8. The number of hydrogen-bond acceptors (Lipinski definition) is 3. The van der Waals surface area contributed by atoms with Crippen molar-refractivity contribution < 1.29 is 13.2 Å². The first-order valence-electron chi connectivity index (χ1n) is 8.29. The Hall–Kier alpha value is -3.16. The molecule has 0 aliphatic carbocycles. The Morgan fingerprint density at radius 1 is 0.963 bits per heavy atom. The third-order valence-electron chi connectivity index (χ3n) is 4.41. The van der Waals surface area contributed by atoms with Crippen LogP contribution in [0.1, 0.15) is 17.0 Å². The summed E-state index contributed by atoms with van der Waals surface area (Å²) in [4.78, 5) is 4.54. The predicted octanol–water partition coefficient (Wildman–Crippen LogP) is 4.46. The summed E-state index contributed by atoms with van der Waals surface area (Å²) in [5.74, 6) is 0. The van der Waals surface area contributed by atoms with Gasteiger partial charge in [0.15, 0.2) is 5.65 Å². The van der Waals surface area contributed by atoms with E-state index in [-0.39, 0.29) is 22.4 Å². The summed E-state index contributed by atoms with van der Waals surface area (Å²) in [5.41, 5.74) is 1.75. The molecule has 3 heterocycles. The average Bonchev–Trinajstić information content (AvgIpc) is 3.13. The van der Waals surface area contributed by atoms with Crippen molar-refractivity contribution >= 4 is 11.0 Å². The molecule has 0 spiro atoms. The van der Waals surface area contributed by atoms with E-state index in [2.05, 4.69) is 15.2 Å². The molecule has 0 amide bonds. The molecule has 0 unspecified atom stereocenters. The number of nitrogens with zero attached hydrogens (tertiary/aromatic N) is 5. The standard InChI is InChI=1S/C19H16F3N5/c1-11-14(10-26(3)24-11)16-9-15(19(20,21)22)17-12(2)25-27(18(17)23-16)13-7-5-4-6-8-13/h4-10H,1-3H3. The highest BCUT2D eigenvalue weighted by molar-refractivity contribution is 5.87. The van der Waals surface area contributed by atoms with Crippen LogP contribution in [-0.4, -0.2) is 24.5 Å². The number of para-hydroxylation sites is 1. The zero-order valence-corrected chi connectivity index (χ0v) is 14.9. The first-order valence-corrected chi connectivity index (χ1v) is 8.29. The molecular weight excluding hydrogens is 355 g/mol. The van der Waals surface area contributed by atoms with Crippen LogP contribution in [0.2, 0.25) is 0 Å². The number of alkyl halides is 3. The monoisotopic (exact) mass is 371 g/mol. The summed E-state index contributed by atoms with van der Waals surface area (Å²) >= 11 is 0. The number of hydrogen-bond donors (Lipinski definition) is 0. The largest absolute Gasteiger partial charge is 0.417 e. The molecule has 0 bridgehead atoms. The quantitative estimate of drug-likeness (QED) is 0.523. The van der Waals surface area contributed by atoms with Gasteiger partial charge in [-0.2, -0.15) is 23.4 Å². The molecule has 4 aromatic rings. The number of aryl methyl sites for hydroxylation is 3. The lowest BCUT2D eigenvalue weighted by molar-refractivity contribution is -0.136. The van der Waals surface area contributed by atoms with Crippen LogP contribution in [0.25, 0.3) is 28.0 Å². The lowest BCUT2D eigenvalue weighted by atomic mass is 10.1. The van der Waals surface area contributed by atoms with Crippen LogP contribution in [0.4, 0.5) is 13.2 Å². The zero-order valence-electron chi connectivity index (χ0n) is 14.9. The van der Waals surface area contributed by atoms with Gasteiger partial charge >= 0.3 is 6.18 Å². The van der Waals surface area contributed by atoms with E-state index in [1.165, 1.54) is 4.68 Å². The van der Waals surface area contributed by atoms with Crippen molar-refractivity contribution in [3.63, 3.8) is 0 Å². The first kappa shape index (κ1) is 17.3. The number of rotatable bonds is 2. The van der Waals surface area contributed by atoms with Crippen LogP contribution in [0, 0.1) is 13.8 Å². The number of aromatic nitrogens is 5. The van der Waals surface area contributed by atoms with Crippen molar-refractivity contribution in [3.8, 4) is 16.9 Å². The lowest BCUT2D eigenvalue weighted by Gasteiger charge is -2.11. The highest BCUT2D eigenvalue weighted by Gasteiger charge is 2.36. The molecule has 3 aromatic heterocycles. The van der Waals surface area contributed by atoms with Crippen LogP contribution in [0.3, 0.4) is 0 Å². The molecule has 4 rings (SSSR count). The Bertz CT molecular complexity index is 1140. The van der Waals surface area contributed by atoms with Crippen molar-refractivity contribution in [1.29, 1.82) is 0 Å². The summed E-state index contributed by atoms with van der Waals surface area (Å²) in [7, 11) is 1.72. The maximum Gasteiger partial charge on any atom is 0.417 e. The fourth-order valence-electron chi connectivity index (χ4n) is 3.25.